The minimum atomic E-state index is -0.533. The van der Waals surface area contributed by atoms with E-state index < -0.39 is 10.9 Å². The second-order valence-corrected chi connectivity index (χ2v) is 8.90. The van der Waals surface area contributed by atoms with Gasteiger partial charge in [-0.2, -0.15) is 4.99 Å². The third-order valence-corrected chi connectivity index (χ3v) is 6.59. The van der Waals surface area contributed by atoms with Gasteiger partial charge in [-0.3, -0.25) is 19.7 Å². The van der Waals surface area contributed by atoms with Crippen LogP contribution in [0.25, 0.3) is 10.2 Å². The van der Waals surface area contributed by atoms with Crippen LogP contribution < -0.4 is 4.80 Å². The number of esters is 1. The van der Waals surface area contributed by atoms with E-state index in [0.29, 0.717) is 21.4 Å². The van der Waals surface area contributed by atoms with E-state index in [1.165, 1.54) is 40.7 Å². The van der Waals surface area contributed by atoms with Crippen molar-refractivity contribution in [2.24, 2.45) is 4.99 Å². The van der Waals surface area contributed by atoms with Crippen molar-refractivity contribution in [3.63, 3.8) is 0 Å². The largest absolute Gasteiger partial charge is 0.468 e. The van der Waals surface area contributed by atoms with E-state index in [4.69, 9.17) is 4.74 Å². The summed E-state index contributed by atoms with van der Waals surface area (Å²) in [4.78, 5) is 40.5. The van der Waals surface area contributed by atoms with Crippen molar-refractivity contribution in [2.75, 3.05) is 12.9 Å². The Balaban J connectivity index is 1.76. The fourth-order valence-corrected chi connectivity index (χ4v) is 4.69. The quantitative estimate of drug-likeness (QED) is 0.165. The predicted molar refractivity (Wildman–Crippen MR) is 120 cm³/mol. The summed E-state index contributed by atoms with van der Waals surface area (Å²) >= 11 is 2.88. The van der Waals surface area contributed by atoms with Gasteiger partial charge in [-0.05, 0) is 37.3 Å². The molecule has 1 heterocycles. The molecule has 0 radical (unpaired) electrons. The number of methoxy groups -OCH3 is 1. The number of aromatic nitrogens is 1. The molecule has 8 nitrogen and oxygen atoms in total. The fraction of sp³-hybridized carbons (Fsp3) is 0.286. The van der Waals surface area contributed by atoms with Crippen molar-refractivity contribution >= 4 is 50.9 Å². The second kappa shape index (κ2) is 10.4. The molecule has 0 unspecified atom stereocenters. The maximum absolute atomic E-state index is 12.4. The number of thioether (sulfide) groups is 1. The summed E-state index contributed by atoms with van der Waals surface area (Å²) in [6, 6.07) is 12.6. The summed E-state index contributed by atoms with van der Waals surface area (Å²) in [5.74, 6) is -0.0516. The smallest absolute Gasteiger partial charge is 0.325 e. The van der Waals surface area contributed by atoms with Gasteiger partial charge in [-0.15, -0.1) is 11.8 Å². The molecule has 10 heteroatoms. The summed E-state index contributed by atoms with van der Waals surface area (Å²) in [6.45, 7) is 1.85. The van der Waals surface area contributed by atoms with Crippen LogP contribution in [0.15, 0.2) is 52.4 Å². The summed E-state index contributed by atoms with van der Waals surface area (Å²) in [5, 5.41) is 11.1. The lowest BCUT2D eigenvalue weighted by atomic mass is 10.2. The van der Waals surface area contributed by atoms with Gasteiger partial charge in [0.25, 0.3) is 5.69 Å². The first-order valence-electron chi connectivity index (χ1n) is 9.49. The van der Waals surface area contributed by atoms with Crippen LogP contribution >= 0.6 is 23.1 Å². The number of hydrogen-bond donors (Lipinski definition) is 0. The Morgan fingerprint density at radius 3 is 2.65 bits per heavy atom. The zero-order chi connectivity index (χ0) is 22.4. The van der Waals surface area contributed by atoms with Crippen LogP contribution in [0.1, 0.15) is 18.4 Å². The lowest BCUT2D eigenvalue weighted by molar-refractivity contribution is -0.384. The molecule has 2 aromatic carbocycles. The van der Waals surface area contributed by atoms with E-state index in [9.17, 15) is 19.7 Å². The Morgan fingerprint density at radius 2 is 1.97 bits per heavy atom. The van der Waals surface area contributed by atoms with E-state index in [-0.39, 0.29) is 24.6 Å². The Bertz CT molecular complexity index is 1180. The van der Waals surface area contributed by atoms with E-state index in [2.05, 4.69) is 29.3 Å². The number of hydrogen-bond acceptors (Lipinski definition) is 7. The zero-order valence-electron chi connectivity index (χ0n) is 17.1. The maximum atomic E-state index is 12.4. The number of benzene rings is 2. The molecule has 0 spiro atoms. The first-order valence-corrected chi connectivity index (χ1v) is 11.3. The van der Waals surface area contributed by atoms with Crippen molar-refractivity contribution in [2.45, 2.75) is 31.2 Å². The molecule has 3 aromatic rings. The van der Waals surface area contributed by atoms with Crippen molar-refractivity contribution in [1.82, 2.24) is 4.57 Å². The highest BCUT2D eigenvalue weighted by molar-refractivity contribution is 7.99. The Labute approximate surface area is 186 Å². The number of non-ortho nitro benzene ring substituents is 1. The molecule has 0 N–H and O–H groups in total. The van der Waals surface area contributed by atoms with Gasteiger partial charge in [0, 0.05) is 23.4 Å². The SMILES string of the molecule is COC(=O)Cn1c(=NC(=O)CCCSc2ccc(C)cc2)sc2ccc([N+](=O)[O-])cc21. The van der Waals surface area contributed by atoms with Gasteiger partial charge in [0.2, 0.25) is 5.91 Å². The summed E-state index contributed by atoms with van der Waals surface area (Å²) in [7, 11) is 1.26. The molecule has 0 saturated carbocycles. The summed E-state index contributed by atoms with van der Waals surface area (Å²) in [5.41, 5.74) is 1.56. The highest BCUT2D eigenvalue weighted by Gasteiger charge is 2.15. The van der Waals surface area contributed by atoms with Gasteiger partial charge in [-0.1, -0.05) is 29.0 Å². The van der Waals surface area contributed by atoms with Crippen molar-refractivity contribution in [3.05, 3.63) is 62.9 Å². The molecule has 0 fully saturated rings. The van der Waals surface area contributed by atoms with Crippen LogP contribution in [0, 0.1) is 17.0 Å². The Hall–Kier alpha value is -2.98. The lowest BCUT2D eigenvalue weighted by Crippen LogP contribution is -2.22. The van der Waals surface area contributed by atoms with Gasteiger partial charge in [0.05, 0.1) is 22.2 Å². The van der Waals surface area contributed by atoms with E-state index in [0.717, 1.165) is 10.6 Å². The number of rotatable bonds is 8. The number of carbonyl (C=O) groups excluding carboxylic acids is 2. The van der Waals surface area contributed by atoms with Crippen LogP contribution in [0.3, 0.4) is 0 Å². The van der Waals surface area contributed by atoms with E-state index in [1.54, 1.807) is 17.8 Å². The average Bonchev–Trinajstić information content (AvgIpc) is 3.08. The number of amides is 1. The molecule has 3 rings (SSSR count). The molecule has 31 heavy (non-hydrogen) atoms. The van der Waals surface area contributed by atoms with Gasteiger partial charge >= 0.3 is 5.97 Å². The van der Waals surface area contributed by atoms with Gasteiger partial charge < -0.3 is 9.30 Å². The first kappa shape index (κ1) is 22.7. The van der Waals surface area contributed by atoms with Gasteiger partial charge in [0.1, 0.15) is 6.54 Å². The number of thiazole rings is 1. The number of ether oxygens (including phenoxy) is 1. The van der Waals surface area contributed by atoms with Crippen molar-refractivity contribution < 1.29 is 19.2 Å². The Kier molecular flexibility index (Phi) is 7.59. The van der Waals surface area contributed by atoms with E-state index in [1.807, 2.05) is 6.92 Å². The van der Waals surface area contributed by atoms with Crippen molar-refractivity contribution in [1.29, 1.82) is 0 Å². The molecule has 1 amide bonds. The summed E-state index contributed by atoms with van der Waals surface area (Å²) < 4.78 is 6.90. The molecule has 0 aliphatic carbocycles. The third kappa shape index (κ3) is 6.02. The topological polar surface area (TPSA) is 104 Å². The molecule has 0 bridgehead atoms. The molecule has 0 atom stereocenters. The number of aryl methyl sites for hydroxylation is 1. The third-order valence-electron chi connectivity index (χ3n) is 4.44. The second-order valence-electron chi connectivity index (χ2n) is 6.73. The average molecular weight is 460 g/mol. The zero-order valence-corrected chi connectivity index (χ0v) is 18.7. The normalized spacial score (nSPS) is 11.6. The minimum absolute atomic E-state index is 0.102. The van der Waals surface area contributed by atoms with Crippen LogP contribution in [-0.2, 0) is 20.9 Å². The number of carbonyl (C=O) groups is 2. The van der Waals surface area contributed by atoms with Crippen LogP contribution in [-0.4, -0.2) is 34.2 Å². The van der Waals surface area contributed by atoms with E-state index >= 15 is 0 Å². The fourth-order valence-electron chi connectivity index (χ4n) is 2.81. The van der Waals surface area contributed by atoms with Crippen LogP contribution in [0.5, 0.6) is 0 Å². The molecule has 0 saturated heterocycles. The number of nitro benzene ring substituents is 1. The lowest BCUT2D eigenvalue weighted by Gasteiger charge is -2.04. The molecule has 0 aliphatic heterocycles. The number of nitrogens with zero attached hydrogens (tertiary/aromatic N) is 3. The van der Waals surface area contributed by atoms with Gasteiger partial charge in [0.15, 0.2) is 4.80 Å². The molecule has 0 aliphatic rings. The Morgan fingerprint density at radius 1 is 1.23 bits per heavy atom. The first-order chi connectivity index (χ1) is 14.9. The highest BCUT2D eigenvalue weighted by Crippen LogP contribution is 2.23. The molecular formula is C21H21N3O5S2. The molecular weight excluding hydrogens is 438 g/mol. The summed E-state index contributed by atoms with van der Waals surface area (Å²) in [6.07, 6.45) is 0.930. The molecule has 162 valence electrons. The number of fused-ring (bicyclic) bond motifs is 1. The monoisotopic (exact) mass is 459 g/mol. The van der Waals surface area contributed by atoms with Crippen LogP contribution in [0.4, 0.5) is 5.69 Å². The van der Waals surface area contributed by atoms with Crippen molar-refractivity contribution in [3.8, 4) is 0 Å². The molecule has 1 aromatic heterocycles. The maximum Gasteiger partial charge on any atom is 0.325 e. The highest BCUT2D eigenvalue weighted by atomic mass is 32.2. The minimum Gasteiger partial charge on any atom is -0.468 e. The van der Waals surface area contributed by atoms with Gasteiger partial charge in [-0.25, -0.2) is 0 Å². The number of nitro groups is 1. The van der Waals surface area contributed by atoms with Crippen LogP contribution in [0.2, 0.25) is 0 Å². The predicted octanol–water partition coefficient (Wildman–Crippen LogP) is 4.09. The standard InChI is InChI=1S/C21H21N3O5S2/c1-14-5-8-16(9-6-14)30-11-3-4-19(25)22-21-23(13-20(26)29-2)17-12-15(24(27)28)7-10-18(17)31-21/h5-10,12H,3-4,11,13H2,1-2H3.